The van der Waals surface area contributed by atoms with Crippen LogP contribution in [0.4, 0.5) is 0 Å². The second-order valence-electron chi connectivity index (χ2n) is 1.70. The summed E-state index contributed by atoms with van der Waals surface area (Å²) in [5.41, 5.74) is 4.92. The normalized spacial score (nSPS) is 10.2. The van der Waals surface area contributed by atoms with E-state index >= 15 is 0 Å². The van der Waals surface area contributed by atoms with Crippen molar-refractivity contribution in [3.63, 3.8) is 0 Å². The third-order valence-electron chi connectivity index (χ3n) is 0.839. The van der Waals surface area contributed by atoms with Crippen molar-refractivity contribution in [2.75, 3.05) is 20.6 Å². The summed E-state index contributed by atoms with van der Waals surface area (Å²) in [6.07, 6.45) is 3.21. The Kier molecular flexibility index (Phi) is 5.71. The van der Waals surface area contributed by atoms with Gasteiger partial charge in [-0.05, 0) is 7.05 Å². The Morgan fingerprint density at radius 1 is 1.50 bits per heavy atom. The summed E-state index contributed by atoms with van der Waals surface area (Å²) < 4.78 is 0. The monoisotopic (exact) mass is 143 g/mol. The summed E-state index contributed by atoms with van der Waals surface area (Å²) in [6, 6.07) is 0. The number of rotatable bonds is 4. The van der Waals surface area contributed by atoms with Gasteiger partial charge in [-0.3, -0.25) is 10.2 Å². The van der Waals surface area contributed by atoms with Gasteiger partial charge < -0.3 is 5.32 Å². The van der Waals surface area contributed by atoms with Crippen molar-refractivity contribution in [2.24, 2.45) is 0 Å². The summed E-state index contributed by atoms with van der Waals surface area (Å²) in [7, 11) is 3.46. The molecular weight excluding hydrogens is 130 g/mol. The Bertz CT molecular complexity index is 122. The molecule has 0 unspecified atom stereocenters. The molecule has 0 atom stereocenters. The topological polar surface area (TPSA) is 53.2 Å². The van der Waals surface area contributed by atoms with Gasteiger partial charge in [-0.25, -0.2) is 5.43 Å². The number of hydrogen-bond acceptors (Lipinski definition) is 3. The second kappa shape index (κ2) is 6.25. The quantitative estimate of drug-likeness (QED) is 0.350. The number of hydrazine groups is 1. The first kappa shape index (κ1) is 9.13. The summed E-state index contributed by atoms with van der Waals surface area (Å²) in [5.74, 6) is -0.141. The largest absolute Gasteiger partial charge is 0.316 e. The first-order valence-electron chi connectivity index (χ1n) is 3.09. The first-order valence-corrected chi connectivity index (χ1v) is 3.09. The fraction of sp³-hybridized carbons (Fsp3) is 0.500. The van der Waals surface area contributed by atoms with Crippen LogP contribution in [0.3, 0.4) is 0 Å². The van der Waals surface area contributed by atoms with Crippen LogP contribution < -0.4 is 16.2 Å². The SMILES string of the molecule is CNC/C=C/C(=O)NNC. The number of carbonyl (C=O) groups is 1. The van der Waals surface area contributed by atoms with E-state index in [1.54, 1.807) is 13.1 Å². The van der Waals surface area contributed by atoms with Crippen LogP contribution in [0.2, 0.25) is 0 Å². The third-order valence-corrected chi connectivity index (χ3v) is 0.839. The van der Waals surface area contributed by atoms with Crippen LogP contribution in [-0.2, 0) is 4.79 Å². The molecule has 4 nitrogen and oxygen atoms in total. The molecule has 0 saturated heterocycles. The van der Waals surface area contributed by atoms with Gasteiger partial charge in [0.2, 0.25) is 0 Å². The first-order chi connectivity index (χ1) is 4.81. The predicted molar refractivity (Wildman–Crippen MR) is 40.3 cm³/mol. The van der Waals surface area contributed by atoms with Crippen LogP contribution in [0, 0.1) is 0 Å². The standard InChI is InChI=1S/C6H13N3O/c1-7-5-3-4-6(10)9-8-2/h3-4,7-8H,5H2,1-2H3,(H,9,10)/b4-3+. The molecule has 0 saturated carbocycles. The van der Waals surface area contributed by atoms with Crippen molar-refractivity contribution in [2.45, 2.75) is 0 Å². The number of likely N-dealkylation sites (N-methyl/N-ethyl adjacent to an activating group) is 1. The van der Waals surface area contributed by atoms with E-state index in [0.717, 1.165) is 0 Å². The second-order valence-corrected chi connectivity index (χ2v) is 1.70. The lowest BCUT2D eigenvalue weighted by molar-refractivity contribution is -0.117. The predicted octanol–water partition coefficient (Wildman–Crippen LogP) is -0.987. The minimum absolute atomic E-state index is 0.141. The highest BCUT2D eigenvalue weighted by Crippen LogP contribution is 1.68. The minimum Gasteiger partial charge on any atom is -0.316 e. The van der Waals surface area contributed by atoms with Gasteiger partial charge in [0.25, 0.3) is 5.91 Å². The average Bonchev–Trinajstić information content (AvgIpc) is 1.89. The van der Waals surface area contributed by atoms with Gasteiger partial charge in [0.1, 0.15) is 0 Å². The number of hydrogen-bond donors (Lipinski definition) is 3. The van der Waals surface area contributed by atoms with Gasteiger partial charge in [-0.15, -0.1) is 0 Å². The molecule has 0 aliphatic carbocycles. The van der Waals surface area contributed by atoms with Crippen LogP contribution in [0.15, 0.2) is 12.2 Å². The summed E-state index contributed by atoms with van der Waals surface area (Å²) in [5, 5.41) is 2.88. The number of carbonyl (C=O) groups excluding carboxylic acids is 1. The van der Waals surface area contributed by atoms with Crippen molar-refractivity contribution >= 4 is 5.91 Å². The highest BCUT2D eigenvalue weighted by Gasteiger charge is 1.87. The van der Waals surface area contributed by atoms with Crippen molar-refractivity contribution in [3.8, 4) is 0 Å². The highest BCUT2D eigenvalue weighted by atomic mass is 16.2. The molecular formula is C6H13N3O. The fourth-order valence-corrected chi connectivity index (χ4v) is 0.449. The molecule has 0 rings (SSSR count). The van der Waals surface area contributed by atoms with Crippen molar-refractivity contribution in [3.05, 3.63) is 12.2 Å². The fourth-order valence-electron chi connectivity index (χ4n) is 0.449. The molecule has 4 heteroatoms. The molecule has 0 aliphatic heterocycles. The van der Waals surface area contributed by atoms with Crippen molar-refractivity contribution in [1.29, 1.82) is 0 Å². The summed E-state index contributed by atoms with van der Waals surface area (Å²) in [6.45, 7) is 0.705. The van der Waals surface area contributed by atoms with E-state index in [0.29, 0.717) is 6.54 Å². The van der Waals surface area contributed by atoms with Crippen LogP contribution in [0.25, 0.3) is 0 Å². The molecule has 0 aliphatic rings. The van der Waals surface area contributed by atoms with Gasteiger partial charge in [0, 0.05) is 19.7 Å². The van der Waals surface area contributed by atoms with Crippen LogP contribution >= 0.6 is 0 Å². The Hall–Kier alpha value is -0.870. The van der Waals surface area contributed by atoms with E-state index in [1.807, 2.05) is 7.05 Å². The maximum Gasteiger partial charge on any atom is 0.257 e. The van der Waals surface area contributed by atoms with Crippen molar-refractivity contribution in [1.82, 2.24) is 16.2 Å². The van der Waals surface area contributed by atoms with E-state index in [2.05, 4.69) is 16.2 Å². The molecule has 0 aromatic rings. The molecule has 0 spiro atoms. The molecule has 0 radical (unpaired) electrons. The van der Waals surface area contributed by atoms with Gasteiger partial charge in [-0.1, -0.05) is 6.08 Å². The van der Waals surface area contributed by atoms with Gasteiger partial charge in [0.15, 0.2) is 0 Å². The zero-order valence-electron chi connectivity index (χ0n) is 6.27. The lowest BCUT2D eigenvalue weighted by atomic mass is 10.5. The van der Waals surface area contributed by atoms with Crippen LogP contribution in [0.5, 0.6) is 0 Å². The van der Waals surface area contributed by atoms with Crippen molar-refractivity contribution < 1.29 is 4.79 Å². The van der Waals surface area contributed by atoms with E-state index in [9.17, 15) is 4.79 Å². The zero-order valence-corrected chi connectivity index (χ0v) is 6.27. The number of nitrogens with one attached hydrogen (secondary N) is 3. The molecule has 0 aromatic carbocycles. The van der Waals surface area contributed by atoms with E-state index in [4.69, 9.17) is 0 Å². The van der Waals surface area contributed by atoms with Gasteiger partial charge >= 0.3 is 0 Å². The molecule has 0 aromatic heterocycles. The molecule has 1 amide bonds. The lowest BCUT2D eigenvalue weighted by Crippen LogP contribution is -2.32. The minimum atomic E-state index is -0.141. The average molecular weight is 143 g/mol. The van der Waals surface area contributed by atoms with E-state index in [1.165, 1.54) is 6.08 Å². The lowest BCUT2D eigenvalue weighted by Gasteiger charge is -1.95. The van der Waals surface area contributed by atoms with Crippen LogP contribution in [0.1, 0.15) is 0 Å². The Labute approximate surface area is 60.7 Å². The molecule has 0 fully saturated rings. The van der Waals surface area contributed by atoms with Gasteiger partial charge in [-0.2, -0.15) is 0 Å². The third kappa shape index (κ3) is 5.27. The maximum atomic E-state index is 10.6. The zero-order chi connectivity index (χ0) is 7.82. The van der Waals surface area contributed by atoms with Crippen LogP contribution in [-0.4, -0.2) is 26.5 Å². The Balaban J connectivity index is 3.36. The van der Waals surface area contributed by atoms with Gasteiger partial charge in [0.05, 0.1) is 0 Å². The molecule has 0 heterocycles. The number of amides is 1. The summed E-state index contributed by atoms with van der Waals surface area (Å²) in [4.78, 5) is 10.6. The van der Waals surface area contributed by atoms with E-state index < -0.39 is 0 Å². The Morgan fingerprint density at radius 2 is 2.20 bits per heavy atom. The molecule has 3 N–H and O–H groups in total. The highest BCUT2D eigenvalue weighted by molar-refractivity contribution is 5.86. The molecule has 58 valence electrons. The smallest absolute Gasteiger partial charge is 0.257 e. The maximum absolute atomic E-state index is 10.6. The molecule has 0 bridgehead atoms. The Morgan fingerprint density at radius 3 is 2.70 bits per heavy atom. The van der Waals surface area contributed by atoms with E-state index in [-0.39, 0.29) is 5.91 Å². The molecule has 10 heavy (non-hydrogen) atoms. The summed E-state index contributed by atoms with van der Waals surface area (Å²) >= 11 is 0.